The second-order valence-electron chi connectivity index (χ2n) is 3.83. The van der Waals surface area contributed by atoms with Crippen molar-refractivity contribution in [3.8, 4) is 5.75 Å². The number of aromatic nitrogens is 1. The van der Waals surface area contributed by atoms with Crippen LogP contribution in [0.2, 0.25) is 5.02 Å². The minimum absolute atomic E-state index is 0.0606. The van der Waals surface area contributed by atoms with E-state index in [-0.39, 0.29) is 5.84 Å². The topological polar surface area (TPSA) is 72.0 Å². The first-order valence-corrected chi connectivity index (χ1v) is 6.60. The molecule has 1 aromatic heterocycles. The monoisotopic (exact) mass is 339 g/mol. The van der Waals surface area contributed by atoms with Crippen LogP contribution in [0.3, 0.4) is 0 Å². The van der Waals surface area contributed by atoms with Gasteiger partial charge in [-0.3, -0.25) is 10.4 Å². The Bertz CT molecular complexity index is 619. The first-order chi connectivity index (χ1) is 9.06. The molecule has 3 N–H and O–H groups in total. The van der Waals surface area contributed by atoms with E-state index in [4.69, 9.17) is 27.5 Å². The van der Waals surface area contributed by atoms with Crippen molar-refractivity contribution < 1.29 is 4.74 Å². The van der Waals surface area contributed by atoms with Crippen molar-refractivity contribution in [2.24, 2.45) is 5.73 Å². The fraction of sp³-hybridized carbons (Fsp3) is 0.0769. The number of nitrogens with zero attached hydrogens (tertiary/aromatic N) is 1. The highest BCUT2D eigenvalue weighted by molar-refractivity contribution is 9.10. The Kier molecular flexibility index (Phi) is 4.39. The molecular weight excluding hydrogens is 330 g/mol. The Hall–Kier alpha value is -1.59. The molecule has 0 unspecified atom stereocenters. The Morgan fingerprint density at radius 1 is 1.37 bits per heavy atom. The van der Waals surface area contributed by atoms with Gasteiger partial charge in [-0.15, -0.1) is 0 Å². The molecule has 0 radical (unpaired) electrons. The molecule has 4 nitrogen and oxygen atoms in total. The zero-order chi connectivity index (χ0) is 13.8. The first-order valence-electron chi connectivity index (χ1n) is 5.43. The molecule has 2 aromatic rings. The maximum Gasteiger partial charge on any atom is 0.141 e. The second kappa shape index (κ2) is 6.04. The quantitative estimate of drug-likeness (QED) is 0.662. The summed E-state index contributed by atoms with van der Waals surface area (Å²) < 4.78 is 6.46. The van der Waals surface area contributed by atoms with Gasteiger partial charge in [-0.05, 0) is 51.8 Å². The zero-order valence-corrected chi connectivity index (χ0v) is 12.2. The van der Waals surface area contributed by atoms with E-state index in [1.165, 1.54) is 0 Å². The Balaban J connectivity index is 2.10. The SMILES string of the molecule is N=C(N)c1cc(COc2ccc(Cl)cc2Br)ccn1. The van der Waals surface area contributed by atoms with Crippen molar-refractivity contribution in [3.05, 3.63) is 57.3 Å². The molecule has 0 fully saturated rings. The van der Waals surface area contributed by atoms with Crippen molar-refractivity contribution in [1.29, 1.82) is 5.41 Å². The van der Waals surface area contributed by atoms with Gasteiger partial charge in [-0.2, -0.15) is 0 Å². The highest BCUT2D eigenvalue weighted by atomic mass is 79.9. The molecule has 0 bridgehead atoms. The molecule has 0 atom stereocenters. The number of nitrogens with one attached hydrogen (secondary N) is 1. The molecule has 0 saturated heterocycles. The largest absolute Gasteiger partial charge is 0.488 e. The summed E-state index contributed by atoms with van der Waals surface area (Å²) in [6.07, 6.45) is 1.60. The molecule has 2 rings (SSSR count). The minimum atomic E-state index is -0.0606. The molecule has 0 aliphatic carbocycles. The van der Waals surface area contributed by atoms with E-state index in [9.17, 15) is 0 Å². The third-order valence-corrected chi connectivity index (χ3v) is 3.24. The second-order valence-corrected chi connectivity index (χ2v) is 5.12. The predicted molar refractivity (Wildman–Crippen MR) is 78.7 cm³/mol. The first kappa shape index (κ1) is 13.8. The van der Waals surface area contributed by atoms with Crippen molar-refractivity contribution in [2.45, 2.75) is 6.61 Å². The van der Waals surface area contributed by atoms with Crippen molar-refractivity contribution in [2.75, 3.05) is 0 Å². The van der Waals surface area contributed by atoms with Crippen LogP contribution in [0.4, 0.5) is 0 Å². The number of halogens is 2. The summed E-state index contributed by atoms with van der Waals surface area (Å²) in [6.45, 7) is 0.364. The van der Waals surface area contributed by atoms with Gasteiger partial charge in [0.25, 0.3) is 0 Å². The van der Waals surface area contributed by atoms with Gasteiger partial charge in [-0.1, -0.05) is 11.6 Å². The van der Waals surface area contributed by atoms with E-state index in [2.05, 4.69) is 20.9 Å². The summed E-state index contributed by atoms with van der Waals surface area (Å²) in [4.78, 5) is 3.99. The molecule has 0 aliphatic rings. The van der Waals surface area contributed by atoms with E-state index >= 15 is 0 Å². The highest BCUT2D eigenvalue weighted by Crippen LogP contribution is 2.28. The third-order valence-electron chi connectivity index (χ3n) is 2.39. The van der Waals surface area contributed by atoms with Gasteiger partial charge in [0.1, 0.15) is 23.9 Å². The van der Waals surface area contributed by atoms with Gasteiger partial charge in [0.05, 0.1) is 4.47 Å². The lowest BCUT2D eigenvalue weighted by Gasteiger charge is -2.09. The van der Waals surface area contributed by atoms with Gasteiger partial charge in [-0.25, -0.2) is 0 Å². The van der Waals surface area contributed by atoms with Crippen LogP contribution in [0.25, 0.3) is 0 Å². The summed E-state index contributed by atoms with van der Waals surface area (Å²) in [5.74, 6) is 0.639. The fourth-order valence-corrected chi connectivity index (χ4v) is 2.26. The number of hydrogen-bond donors (Lipinski definition) is 2. The molecule has 0 aliphatic heterocycles. The number of ether oxygens (including phenoxy) is 1. The van der Waals surface area contributed by atoms with Gasteiger partial charge in [0.2, 0.25) is 0 Å². The van der Waals surface area contributed by atoms with Crippen LogP contribution < -0.4 is 10.5 Å². The van der Waals surface area contributed by atoms with E-state index in [1.54, 1.807) is 30.5 Å². The lowest BCUT2D eigenvalue weighted by Crippen LogP contribution is -2.13. The van der Waals surface area contributed by atoms with Crippen LogP contribution in [-0.4, -0.2) is 10.8 Å². The molecule has 0 spiro atoms. The van der Waals surface area contributed by atoms with Gasteiger partial charge in [0.15, 0.2) is 0 Å². The summed E-state index contributed by atoms with van der Waals surface area (Å²) in [6, 6.07) is 8.86. The van der Waals surface area contributed by atoms with Crippen molar-refractivity contribution >= 4 is 33.4 Å². The lowest BCUT2D eigenvalue weighted by molar-refractivity contribution is 0.304. The van der Waals surface area contributed by atoms with Gasteiger partial charge >= 0.3 is 0 Å². The van der Waals surface area contributed by atoms with Crippen LogP contribution in [0.5, 0.6) is 5.75 Å². The van der Waals surface area contributed by atoms with Crippen LogP contribution in [0, 0.1) is 5.41 Å². The van der Waals surface area contributed by atoms with Gasteiger partial charge in [0, 0.05) is 11.2 Å². The Morgan fingerprint density at radius 3 is 2.84 bits per heavy atom. The number of pyridine rings is 1. The summed E-state index contributed by atoms with van der Waals surface area (Å²) >= 11 is 9.24. The summed E-state index contributed by atoms with van der Waals surface area (Å²) in [5, 5.41) is 7.98. The number of nitrogens with two attached hydrogens (primary N) is 1. The molecule has 1 heterocycles. The number of hydrogen-bond acceptors (Lipinski definition) is 3. The zero-order valence-electron chi connectivity index (χ0n) is 9.86. The van der Waals surface area contributed by atoms with E-state index < -0.39 is 0 Å². The van der Waals surface area contributed by atoms with Crippen LogP contribution in [0.15, 0.2) is 41.0 Å². The number of benzene rings is 1. The predicted octanol–water partition coefficient (Wildman–Crippen LogP) is 3.36. The molecular formula is C13H11BrClN3O. The maximum absolute atomic E-state index is 7.34. The molecule has 98 valence electrons. The lowest BCUT2D eigenvalue weighted by atomic mass is 10.2. The highest BCUT2D eigenvalue weighted by Gasteiger charge is 2.04. The average molecular weight is 341 g/mol. The van der Waals surface area contributed by atoms with Crippen LogP contribution in [0.1, 0.15) is 11.3 Å². The maximum atomic E-state index is 7.34. The molecule has 1 aromatic carbocycles. The number of nitrogen functional groups attached to an aromatic ring is 1. The molecule has 0 amide bonds. The van der Waals surface area contributed by atoms with E-state index in [0.29, 0.717) is 23.1 Å². The Morgan fingerprint density at radius 2 is 2.16 bits per heavy atom. The van der Waals surface area contributed by atoms with E-state index in [0.717, 1.165) is 10.0 Å². The minimum Gasteiger partial charge on any atom is -0.488 e. The summed E-state index contributed by atoms with van der Waals surface area (Å²) in [7, 11) is 0. The van der Waals surface area contributed by atoms with Crippen molar-refractivity contribution in [1.82, 2.24) is 4.98 Å². The molecule has 6 heteroatoms. The third kappa shape index (κ3) is 3.68. The molecule has 19 heavy (non-hydrogen) atoms. The van der Waals surface area contributed by atoms with Crippen molar-refractivity contribution in [3.63, 3.8) is 0 Å². The van der Waals surface area contributed by atoms with E-state index in [1.807, 2.05) is 6.07 Å². The standard InChI is InChI=1S/C13H11BrClN3O/c14-10-6-9(15)1-2-12(10)19-7-8-3-4-18-11(5-8)13(16)17/h1-6H,7H2,(H3,16,17). The average Bonchev–Trinajstić information content (AvgIpc) is 2.38. The summed E-state index contributed by atoms with van der Waals surface area (Å²) in [5.41, 5.74) is 6.72. The fourth-order valence-electron chi connectivity index (χ4n) is 1.46. The Labute approximate surface area is 124 Å². The van der Waals surface area contributed by atoms with Crippen LogP contribution in [-0.2, 0) is 6.61 Å². The van der Waals surface area contributed by atoms with Gasteiger partial charge < -0.3 is 10.5 Å². The number of amidine groups is 1. The smallest absolute Gasteiger partial charge is 0.141 e. The normalized spacial score (nSPS) is 10.2. The molecule has 0 saturated carbocycles. The van der Waals surface area contributed by atoms with Crippen LogP contribution >= 0.6 is 27.5 Å². The number of rotatable bonds is 4.